The van der Waals surface area contributed by atoms with Crippen molar-refractivity contribution in [3.05, 3.63) is 0 Å². The fourth-order valence-corrected chi connectivity index (χ4v) is 5.56. The van der Waals surface area contributed by atoms with Gasteiger partial charge in [0.15, 0.2) is 0 Å². The summed E-state index contributed by atoms with van der Waals surface area (Å²) in [4.78, 5) is 0. The molecule has 3 rings (SSSR count). The van der Waals surface area contributed by atoms with E-state index < -0.39 is 0 Å². The Morgan fingerprint density at radius 1 is 0.941 bits per heavy atom. The summed E-state index contributed by atoms with van der Waals surface area (Å²) in [6, 6.07) is 0. The van der Waals surface area contributed by atoms with E-state index in [4.69, 9.17) is 0 Å². The van der Waals surface area contributed by atoms with E-state index in [1.807, 2.05) is 0 Å². The molecule has 3 saturated carbocycles. The van der Waals surface area contributed by atoms with Crippen LogP contribution in [0.1, 0.15) is 59.3 Å². The Labute approximate surface area is 104 Å². The van der Waals surface area contributed by atoms with Crippen molar-refractivity contribution < 1.29 is 10.2 Å². The zero-order valence-electron chi connectivity index (χ0n) is 11.4. The molecule has 98 valence electrons. The molecule has 2 N–H and O–H groups in total. The first-order valence-electron chi connectivity index (χ1n) is 7.16. The number of aliphatic hydroxyl groups excluding tert-OH is 2. The molecule has 0 saturated heterocycles. The van der Waals surface area contributed by atoms with Gasteiger partial charge in [-0.25, -0.2) is 0 Å². The molecule has 3 aliphatic carbocycles. The van der Waals surface area contributed by atoms with E-state index in [2.05, 4.69) is 20.8 Å². The second kappa shape index (κ2) is 3.27. The number of hydrogen-bond acceptors (Lipinski definition) is 2. The zero-order valence-corrected chi connectivity index (χ0v) is 11.4. The van der Waals surface area contributed by atoms with E-state index in [0.29, 0.717) is 5.92 Å². The van der Waals surface area contributed by atoms with Crippen molar-refractivity contribution in [2.24, 2.45) is 22.2 Å². The number of aliphatic hydroxyl groups is 2. The number of hydrogen-bond donors (Lipinski definition) is 2. The van der Waals surface area contributed by atoms with Crippen molar-refractivity contribution in [1.29, 1.82) is 0 Å². The van der Waals surface area contributed by atoms with Crippen molar-refractivity contribution in [3.8, 4) is 0 Å². The van der Waals surface area contributed by atoms with E-state index in [-0.39, 0.29) is 28.5 Å². The van der Waals surface area contributed by atoms with Crippen LogP contribution >= 0.6 is 0 Å². The van der Waals surface area contributed by atoms with Crippen LogP contribution in [0, 0.1) is 22.2 Å². The van der Waals surface area contributed by atoms with Crippen LogP contribution in [0.15, 0.2) is 0 Å². The van der Waals surface area contributed by atoms with Crippen molar-refractivity contribution in [3.63, 3.8) is 0 Å². The maximum Gasteiger partial charge on any atom is 0.0604 e. The van der Waals surface area contributed by atoms with Crippen LogP contribution < -0.4 is 0 Å². The van der Waals surface area contributed by atoms with Crippen LogP contribution in [0.3, 0.4) is 0 Å². The maximum absolute atomic E-state index is 10.6. The standard InChI is InChI=1S/C15H26O2/c1-13(2)8-12(17)15-7-5-11(16)14(3,9-15)6-4-10(13)15/h10-12,16-17H,4-9H2,1-3H3/t10-,11-,12-,14+,15+/m1/s1. The molecule has 2 bridgehead atoms. The molecule has 17 heavy (non-hydrogen) atoms. The van der Waals surface area contributed by atoms with E-state index >= 15 is 0 Å². The molecule has 2 nitrogen and oxygen atoms in total. The molecule has 0 radical (unpaired) electrons. The van der Waals surface area contributed by atoms with Gasteiger partial charge in [-0.05, 0) is 55.3 Å². The second-order valence-corrected chi connectivity index (χ2v) is 7.92. The lowest BCUT2D eigenvalue weighted by Gasteiger charge is -2.57. The molecular weight excluding hydrogens is 212 g/mol. The molecule has 0 aromatic carbocycles. The Balaban J connectivity index is 2.00. The highest BCUT2D eigenvalue weighted by Gasteiger charge is 2.64. The summed E-state index contributed by atoms with van der Waals surface area (Å²) in [5.74, 6) is 0.658. The molecule has 5 atom stereocenters. The molecule has 0 aromatic heterocycles. The zero-order chi connectivity index (χ0) is 12.5. The minimum atomic E-state index is -0.148. The van der Waals surface area contributed by atoms with Crippen LogP contribution in [0.2, 0.25) is 0 Å². The summed E-state index contributed by atoms with van der Waals surface area (Å²) in [6.07, 6.45) is 5.94. The maximum atomic E-state index is 10.6. The average molecular weight is 238 g/mol. The van der Waals surface area contributed by atoms with Gasteiger partial charge in [-0.3, -0.25) is 0 Å². The highest BCUT2D eigenvalue weighted by Crippen LogP contribution is 2.68. The minimum Gasteiger partial charge on any atom is -0.393 e. The number of rotatable bonds is 0. The van der Waals surface area contributed by atoms with Gasteiger partial charge >= 0.3 is 0 Å². The van der Waals surface area contributed by atoms with Gasteiger partial charge in [0.05, 0.1) is 12.2 Å². The van der Waals surface area contributed by atoms with E-state index in [0.717, 1.165) is 32.1 Å². The van der Waals surface area contributed by atoms with Gasteiger partial charge in [0.1, 0.15) is 0 Å². The molecule has 2 heteroatoms. The summed E-state index contributed by atoms with van der Waals surface area (Å²) in [6.45, 7) is 6.87. The predicted molar refractivity (Wildman–Crippen MR) is 67.5 cm³/mol. The molecule has 0 unspecified atom stereocenters. The Bertz CT molecular complexity index is 338. The third kappa shape index (κ3) is 1.40. The molecule has 0 aromatic rings. The SMILES string of the molecule is CC1(C)C[C@@H](O)[C@]23CC[C@@H](O)[C@@](C)(CC[C@H]12)C3. The Hall–Kier alpha value is -0.0800. The summed E-state index contributed by atoms with van der Waals surface area (Å²) in [5, 5.41) is 20.8. The van der Waals surface area contributed by atoms with Crippen LogP contribution in [0.4, 0.5) is 0 Å². The van der Waals surface area contributed by atoms with Crippen LogP contribution in [-0.2, 0) is 0 Å². The molecule has 0 amide bonds. The highest BCUT2D eigenvalue weighted by atomic mass is 16.3. The van der Waals surface area contributed by atoms with Crippen LogP contribution in [0.5, 0.6) is 0 Å². The second-order valence-electron chi connectivity index (χ2n) is 7.92. The summed E-state index contributed by atoms with van der Waals surface area (Å²) in [5.41, 5.74) is 0.467. The smallest absolute Gasteiger partial charge is 0.0604 e. The van der Waals surface area contributed by atoms with Gasteiger partial charge in [-0.2, -0.15) is 0 Å². The lowest BCUT2D eigenvalue weighted by Crippen LogP contribution is -2.54. The third-order valence-electron chi connectivity index (χ3n) is 6.45. The first kappa shape index (κ1) is 12.0. The Morgan fingerprint density at radius 3 is 2.35 bits per heavy atom. The van der Waals surface area contributed by atoms with Gasteiger partial charge < -0.3 is 10.2 Å². The molecule has 3 aliphatic rings. The van der Waals surface area contributed by atoms with E-state index in [1.165, 1.54) is 6.42 Å². The van der Waals surface area contributed by atoms with Crippen molar-refractivity contribution in [2.45, 2.75) is 71.5 Å². The quantitative estimate of drug-likeness (QED) is 0.681. The molecule has 1 spiro atoms. The summed E-state index contributed by atoms with van der Waals surface area (Å²) < 4.78 is 0. The van der Waals surface area contributed by atoms with Gasteiger partial charge in [-0.15, -0.1) is 0 Å². The van der Waals surface area contributed by atoms with Crippen molar-refractivity contribution >= 4 is 0 Å². The average Bonchev–Trinajstić information content (AvgIpc) is 2.41. The molecule has 0 heterocycles. The Morgan fingerprint density at radius 2 is 1.65 bits per heavy atom. The van der Waals surface area contributed by atoms with Gasteiger partial charge in [0.25, 0.3) is 0 Å². The minimum absolute atomic E-state index is 0.0656. The normalized spacial score (nSPS) is 56.6. The predicted octanol–water partition coefficient (Wildman–Crippen LogP) is 2.72. The van der Waals surface area contributed by atoms with Crippen molar-refractivity contribution in [1.82, 2.24) is 0 Å². The molecule has 0 aliphatic heterocycles. The summed E-state index contributed by atoms with van der Waals surface area (Å²) in [7, 11) is 0. The van der Waals surface area contributed by atoms with Gasteiger partial charge in [-0.1, -0.05) is 20.8 Å². The van der Waals surface area contributed by atoms with Crippen molar-refractivity contribution in [2.75, 3.05) is 0 Å². The fraction of sp³-hybridized carbons (Fsp3) is 1.00. The highest BCUT2D eigenvalue weighted by molar-refractivity contribution is 5.14. The third-order valence-corrected chi connectivity index (χ3v) is 6.45. The first-order valence-corrected chi connectivity index (χ1v) is 7.16. The largest absolute Gasteiger partial charge is 0.393 e. The van der Waals surface area contributed by atoms with E-state index in [9.17, 15) is 10.2 Å². The Kier molecular flexibility index (Phi) is 2.30. The molecule has 3 fully saturated rings. The lowest BCUT2D eigenvalue weighted by molar-refractivity contribution is -0.144. The number of fused-ring (bicyclic) bond motifs is 1. The fourth-order valence-electron chi connectivity index (χ4n) is 5.56. The first-order chi connectivity index (χ1) is 7.80. The van der Waals surface area contributed by atoms with Gasteiger partial charge in [0, 0.05) is 5.41 Å². The van der Waals surface area contributed by atoms with Gasteiger partial charge in [0.2, 0.25) is 0 Å². The monoisotopic (exact) mass is 238 g/mol. The molecular formula is C15H26O2. The topological polar surface area (TPSA) is 40.5 Å². The van der Waals surface area contributed by atoms with E-state index in [1.54, 1.807) is 0 Å². The summed E-state index contributed by atoms with van der Waals surface area (Å²) >= 11 is 0. The van der Waals surface area contributed by atoms with Crippen LogP contribution in [-0.4, -0.2) is 22.4 Å². The lowest BCUT2D eigenvalue weighted by atomic mass is 9.49. The van der Waals surface area contributed by atoms with Crippen LogP contribution in [0.25, 0.3) is 0 Å².